The van der Waals surface area contributed by atoms with E-state index in [2.05, 4.69) is 31.2 Å². The molecule has 0 aliphatic rings. The zero-order valence-corrected chi connectivity index (χ0v) is 12.3. The molecule has 1 heterocycles. The van der Waals surface area contributed by atoms with Crippen LogP contribution < -0.4 is 4.73 Å². The van der Waals surface area contributed by atoms with Gasteiger partial charge < -0.3 is 5.21 Å². The van der Waals surface area contributed by atoms with Gasteiger partial charge in [0.05, 0.1) is 10.9 Å². The fraction of sp³-hybridized carbons (Fsp3) is 0.0500. The lowest BCUT2D eigenvalue weighted by Crippen LogP contribution is -2.28. The summed E-state index contributed by atoms with van der Waals surface area (Å²) >= 11 is 0. The lowest BCUT2D eigenvalue weighted by molar-refractivity contribution is -0.592. The van der Waals surface area contributed by atoms with Gasteiger partial charge in [-0.1, -0.05) is 54.6 Å². The zero-order chi connectivity index (χ0) is 15.1. The Hall–Kier alpha value is -2.87. The Morgan fingerprint density at radius 3 is 2.14 bits per heavy atom. The minimum atomic E-state index is 0.729. The number of hydrogen-bond acceptors (Lipinski definition) is 1. The fourth-order valence-corrected chi connectivity index (χ4v) is 3.14. The Bertz CT molecular complexity index is 922. The maximum Gasteiger partial charge on any atom is 0.232 e. The van der Waals surface area contributed by atoms with Gasteiger partial charge in [-0.2, -0.15) is 4.73 Å². The van der Waals surface area contributed by atoms with Gasteiger partial charge in [0.25, 0.3) is 0 Å². The van der Waals surface area contributed by atoms with Gasteiger partial charge in [-0.15, -0.1) is 0 Å². The summed E-state index contributed by atoms with van der Waals surface area (Å²) in [6.45, 7) is 2.06. The Labute approximate surface area is 128 Å². The third-order valence-corrected chi connectivity index (χ3v) is 4.20. The highest BCUT2D eigenvalue weighted by atomic mass is 16.5. The molecule has 3 aromatic carbocycles. The van der Waals surface area contributed by atoms with Gasteiger partial charge in [-0.3, -0.25) is 0 Å². The standard InChI is InChI=1S/C20H15NO/c1-14-10-11-15-6-2-4-8-17(15)19(14)20-18-9-5-3-7-16(18)12-13-21(20)22/h2-13H,1H3. The molecule has 22 heavy (non-hydrogen) atoms. The molecule has 0 atom stereocenters. The van der Waals surface area contributed by atoms with Crippen molar-refractivity contribution in [2.75, 3.05) is 0 Å². The van der Waals surface area contributed by atoms with Crippen LogP contribution in [0.4, 0.5) is 0 Å². The van der Waals surface area contributed by atoms with Crippen molar-refractivity contribution in [1.29, 1.82) is 0 Å². The minimum Gasteiger partial charge on any atom is -0.618 e. The summed E-state index contributed by atoms with van der Waals surface area (Å²) in [5.74, 6) is 0. The predicted molar refractivity (Wildman–Crippen MR) is 90.6 cm³/mol. The summed E-state index contributed by atoms with van der Waals surface area (Å²) in [5, 5.41) is 16.9. The van der Waals surface area contributed by atoms with Crippen LogP contribution in [0.3, 0.4) is 0 Å². The first kappa shape index (κ1) is 12.8. The Morgan fingerprint density at radius 1 is 0.727 bits per heavy atom. The SMILES string of the molecule is Cc1ccc2ccccc2c1-c1c2ccccc2cc[n+]1[O-]. The van der Waals surface area contributed by atoms with Crippen molar-refractivity contribution in [3.05, 3.63) is 83.7 Å². The van der Waals surface area contributed by atoms with Crippen molar-refractivity contribution in [3.8, 4) is 11.3 Å². The van der Waals surface area contributed by atoms with Gasteiger partial charge in [0.1, 0.15) is 0 Å². The van der Waals surface area contributed by atoms with E-state index in [9.17, 15) is 5.21 Å². The van der Waals surface area contributed by atoms with Crippen LogP contribution >= 0.6 is 0 Å². The molecule has 0 spiro atoms. The summed E-state index contributed by atoms with van der Waals surface area (Å²) in [7, 11) is 0. The van der Waals surface area contributed by atoms with E-state index in [1.807, 2.05) is 42.5 Å². The first-order valence-corrected chi connectivity index (χ1v) is 7.35. The molecule has 0 bridgehead atoms. The Balaban J connectivity index is 2.21. The first-order chi connectivity index (χ1) is 10.8. The van der Waals surface area contributed by atoms with Crippen molar-refractivity contribution < 1.29 is 4.73 Å². The molecule has 0 fully saturated rings. The smallest absolute Gasteiger partial charge is 0.232 e. The monoisotopic (exact) mass is 285 g/mol. The summed E-state index contributed by atoms with van der Waals surface area (Å²) in [4.78, 5) is 0. The summed E-state index contributed by atoms with van der Waals surface area (Å²) < 4.78 is 0.983. The second-order valence-electron chi connectivity index (χ2n) is 5.56. The number of hydrogen-bond donors (Lipinski definition) is 0. The number of nitrogens with zero attached hydrogens (tertiary/aromatic N) is 1. The minimum absolute atomic E-state index is 0.729. The van der Waals surface area contributed by atoms with Gasteiger partial charge in [0, 0.05) is 6.07 Å². The highest BCUT2D eigenvalue weighted by Crippen LogP contribution is 2.33. The van der Waals surface area contributed by atoms with E-state index < -0.39 is 0 Å². The molecule has 0 aliphatic heterocycles. The number of rotatable bonds is 1. The average Bonchev–Trinajstić information content (AvgIpc) is 2.56. The molecule has 4 aromatic rings. The van der Waals surface area contributed by atoms with Crippen LogP contribution in [0.25, 0.3) is 32.8 Å². The topological polar surface area (TPSA) is 26.9 Å². The van der Waals surface area contributed by atoms with Crippen molar-refractivity contribution >= 4 is 21.5 Å². The number of aromatic nitrogens is 1. The maximum absolute atomic E-state index is 12.5. The molecule has 2 heteroatoms. The van der Waals surface area contributed by atoms with Gasteiger partial charge in [0.2, 0.25) is 5.69 Å². The van der Waals surface area contributed by atoms with Crippen LogP contribution in [0.15, 0.2) is 72.9 Å². The van der Waals surface area contributed by atoms with Crippen LogP contribution in [0.2, 0.25) is 0 Å². The fourth-order valence-electron chi connectivity index (χ4n) is 3.14. The van der Waals surface area contributed by atoms with Crippen LogP contribution in [0, 0.1) is 12.1 Å². The van der Waals surface area contributed by atoms with Gasteiger partial charge in [-0.05, 0) is 34.7 Å². The second kappa shape index (κ2) is 4.85. The van der Waals surface area contributed by atoms with Crippen molar-refractivity contribution in [2.24, 2.45) is 0 Å². The lowest BCUT2D eigenvalue weighted by atomic mass is 9.94. The molecule has 0 saturated heterocycles. The molecule has 1 aromatic heterocycles. The van der Waals surface area contributed by atoms with Crippen LogP contribution in [0.5, 0.6) is 0 Å². The number of fused-ring (bicyclic) bond motifs is 2. The first-order valence-electron chi connectivity index (χ1n) is 7.35. The molecule has 0 aliphatic carbocycles. The number of aryl methyl sites for hydroxylation is 1. The molecule has 0 unspecified atom stereocenters. The molecule has 106 valence electrons. The molecule has 0 radical (unpaired) electrons. The molecule has 2 nitrogen and oxygen atoms in total. The normalized spacial score (nSPS) is 11.1. The van der Waals surface area contributed by atoms with Crippen molar-refractivity contribution in [1.82, 2.24) is 0 Å². The summed E-state index contributed by atoms with van der Waals surface area (Å²) in [6.07, 6.45) is 1.60. The number of pyridine rings is 1. The van der Waals surface area contributed by atoms with Crippen molar-refractivity contribution in [2.45, 2.75) is 6.92 Å². The Morgan fingerprint density at radius 2 is 1.36 bits per heavy atom. The highest BCUT2D eigenvalue weighted by Gasteiger charge is 2.18. The lowest BCUT2D eigenvalue weighted by Gasteiger charge is -2.13. The van der Waals surface area contributed by atoms with Crippen molar-refractivity contribution in [3.63, 3.8) is 0 Å². The van der Waals surface area contributed by atoms with Gasteiger partial charge >= 0.3 is 0 Å². The van der Waals surface area contributed by atoms with Crippen LogP contribution in [-0.2, 0) is 0 Å². The summed E-state index contributed by atoms with van der Waals surface area (Å²) in [6, 6.07) is 22.3. The van der Waals surface area contributed by atoms with E-state index in [1.54, 1.807) is 6.20 Å². The van der Waals surface area contributed by atoms with E-state index >= 15 is 0 Å². The predicted octanol–water partition coefficient (Wildman–Crippen LogP) is 4.60. The third-order valence-electron chi connectivity index (χ3n) is 4.20. The van der Waals surface area contributed by atoms with Gasteiger partial charge in [0.15, 0.2) is 6.20 Å². The second-order valence-corrected chi connectivity index (χ2v) is 5.56. The van der Waals surface area contributed by atoms with E-state index in [-0.39, 0.29) is 0 Å². The molecule has 0 saturated carbocycles. The third kappa shape index (κ3) is 1.85. The quantitative estimate of drug-likeness (QED) is 0.371. The van der Waals surface area contributed by atoms with E-state index in [0.29, 0.717) is 0 Å². The van der Waals surface area contributed by atoms with Crippen LogP contribution in [-0.4, -0.2) is 0 Å². The van der Waals surface area contributed by atoms with Crippen LogP contribution in [0.1, 0.15) is 5.56 Å². The average molecular weight is 285 g/mol. The van der Waals surface area contributed by atoms with E-state index in [4.69, 9.17) is 0 Å². The van der Waals surface area contributed by atoms with E-state index in [1.165, 1.54) is 0 Å². The molecule has 0 amide bonds. The molecule has 4 rings (SSSR count). The largest absolute Gasteiger partial charge is 0.618 e. The maximum atomic E-state index is 12.5. The molecular formula is C20H15NO. The molecule has 0 N–H and O–H groups in total. The summed E-state index contributed by atoms with van der Waals surface area (Å²) in [5.41, 5.74) is 2.86. The number of benzene rings is 3. The van der Waals surface area contributed by atoms with E-state index in [0.717, 1.165) is 43.1 Å². The Kier molecular flexibility index (Phi) is 2.83. The highest BCUT2D eigenvalue weighted by molar-refractivity contribution is 6.03. The van der Waals surface area contributed by atoms with Gasteiger partial charge in [-0.25, -0.2) is 0 Å². The molecular weight excluding hydrogens is 270 g/mol. The zero-order valence-electron chi connectivity index (χ0n) is 12.3.